The van der Waals surface area contributed by atoms with Gasteiger partial charge in [-0.25, -0.2) is 4.39 Å². The molecule has 0 aliphatic heterocycles. The van der Waals surface area contributed by atoms with Crippen molar-refractivity contribution in [1.82, 2.24) is 10.2 Å². The molecule has 0 saturated heterocycles. The van der Waals surface area contributed by atoms with Gasteiger partial charge in [0.25, 0.3) is 5.91 Å². The molecule has 20 heavy (non-hydrogen) atoms. The molecule has 104 valence electrons. The van der Waals surface area contributed by atoms with E-state index in [0.717, 1.165) is 0 Å². The Bertz CT molecular complexity index is 618. The Hall–Kier alpha value is -2.21. The van der Waals surface area contributed by atoms with Gasteiger partial charge in [-0.15, -0.1) is 10.2 Å². The van der Waals surface area contributed by atoms with E-state index in [4.69, 9.17) is 11.6 Å². The number of halogens is 2. The number of nitrogens with zero attached hydrogens (tertiary/aromatic N) is 2. The van der Waals surface area contributed by atoms with Gasteiger partial charge in [-0.2, -0.15) is 0 Å². The van der Waals surface area contributed by atoms with Crippen LogP contribution in [-0.2, 0) is 0 Å². The van der Waals surface area contributed by atoms with Gasteiger partial charge in [0.15, 0.2) is 11.5 Å². The van der Waals surface area contributed by atoms with Gasteiger partial charge >= 0.3 is 0 Å². The molecule has 1 amide bonds. The molecule has 0 spiro atoms. The molecule has 0 bridgehead atoms. The van der Waals surface area contributed by atoms with Crippen LogP contribution in [-0.4, -0.2) is 22.6 Å². The molecule has 5 nitrogen and oxygen atoms in total. The third-order valence-corrected chi connectivity index (χ3v) is 2.75. The zero-order valence-electron chi connectivity index (χ0n) is 10.7. The molecule has 0 fully saturated rings. The molecule has 0 aliphatic carbocycles. The summed E-state index contributed by atoms with van der Waals surface area (Å²) in [6.45, 7) is 2.62. The first-order valence-electron chi connectivity index (χ1n) is 5.94. The van der Waals surface area contributed by atoms with Gasteiger partial charge in [0.2, 0.25) is 0 Å². The molecule has 0 radical (unpaired) electrons. The second-order valence-corrected chi connectivity index (χ2v) is 4.30. The first-order valence-corrected chi connectivity index (χ1v) is 6.32. The SMILES string of the molecule is CCNc1ccc(C(=O)Nc2cccc(Cl)c2F)nn1. The largest absolute Gasteiger partial charge is 0.369 e. The fourth-order valence-electron chi connectivity index (χ4n) is 1.52. The Kier molecular flexibility index (Phi) is 4.47. The summed E-state index contributed by atoms with van der Waals surface area (Å²) in [7, 11) is 0. The van der Waals surface area contributed by atoms with Crippen molar-refractivity contribution in [3.8, 4) is 0 Å². The fourth-order valence-corrected chi connectivity index (χ4v) is 1.69. The molecule has 0 aliphatic rings. The summed E-state index contributed by atoms with van der Waals surface area (Å²) in [5.41, 5.74) is 0.0890. The van der Waals surface area contributed by atoms with E-state index >= 15 is 0 Å². The number of carbonyl (C=O) groups is 1. The number of aromatic nitrogens is 2. The van der Waals surface area contributed by atoms with Crippen molar-refractivity contribution in [2.45, 2.75) is 6.92 Å². The predicted molar refractivity (Wildman–Crippen MR) is 75.6 cm³/mol. The van der Waals surface area contributed by atoms with Crippen LogP contribution in [0.4, 0.5) is 15.9 Å². The molecule has 0 saturated carbocycles. The summed E-state index contributed by atoms with van der Waals surface area (Å²) in [4.78, 5) is 11.9. The average Bonchev–Trinajstić information content (AvgIpc) is 2.45. The summed E-state index contributed by atoms with van der Waals surface area (Å²) in [5.74, 6) is -0.667. The number of amides is 1. The third-order valence-electron chi connectivity index (χ3n) is 2.45. The highest BCUT2D eigenvalue weighted by molar-refractivity contribution is 6.31. The zero-order chi connectivity index (χ0) is 14.5. The Balaban J connectivity index is 2.13. The zero-order valence-corrected chi connectivity index (χ0v) is 11.4. The number of hydrogen-bond donors (Lipinski definition) is 2. The van der Waals surface area contributed by atoms with Crippen molar-refractivity contribution >= 4 is 29.0 Å². The lowest BCUT2D eigenvalue weighted by Gasteiger charge is -2.07. The lowest BCUT2D eigenvalue weighted by atomic mass is 10.3. The van der Waals surface area contributed by atoms with Gasteiger partial charge in [-0.05, 0) is 31.2 Å². The molecule has 2 rings (SSSR count). The summed E-state index contributed by atoms with van der Waals surface area (Å²) < 4.78 is 13.6. The molecule has 1 aromatic carbocycles. The molecule has 1 aromatic heterocycles. The van der Waals surface area contributed by atoms with E-state index in [9.17, 15) is 9.18 Å². The van der Waals surface area contributed by atoms with Gasteiger partial charge in [-0.3, -0.25) is 4.79 Å². The highest BCUT2D eigenvalue weighted by atomic mass is 35.5. The Morgan fingerprint density at radius 3 is 2.75 bits per heavy atom. The Morgan fingerprint density at radius 1 is 1.30 bits per heavy atom. The van der Waals surface area contributed by atoms with Crippen LogP contribution in [0.25, 0.3) is 0 Å². The molecular weight excluding hydrogens is 283 g/mol. The maximum absolute atomic E-state index is 13.6. The maximum Gasteiger partial charge on any atom is 0.276 e. The molecule has 1 heterocycles. The third kappa shape index (κ3) is 3.21. The van der Waals surface area contributed by atoms with Gasteiger partial charge in [0, 0.05) is 6.54 Å². The minimum atomic E-state index is -0.681. The van der Waals surface area contributed by atoms with Crippen LogP contribution in [0.15, 0.2) is 30.3 Å². The van der Waals surface area contributed by atoms with Crippen LogP contribution in [0.3, 0.4) is 0 Å². The standard InChI is InChI=1S/C13H12ClFN4O/c1-2-16-11-7-6-10(18-19-11)13(20)17-9-5-3-4-8(14)12(9)15/h3-7H,2H2,1H3,(H,16,19)(H,17,20). The summed E-state index contributed by atoms with van der Waals surface area (Å²) in [6, 6.07) is 7.49. The Morgan fingerprint density at radius 2 is 2.10 bits per heavy atom. The highest BCUT2D eigenvalue weighted by Gasteiger charge is 2.12. The van der Waals surface area contributed by atoms with Crippen molar-refractivity contribution in [3.05, 3.63) is 46.9 Å². The predicted octanol–water partition coefficient (Wildman–Crippen LogP) is 2.95. The number of carbonyl (C=O) groups excluding carboxylic acids is 1. The minimum Gasteiger partial charge on any atom is -0.369 e. The van der Waals surface area contributed by atoms with Crippen LogP contribution in [0.5, 0.6) is 0 Å². The number of anilines is 2. The monoisotopic (exact) mass is 294 g/mol. The van der Waals surface area contributed by atoms with Crippen molar-refractivity contribution in [1.29, 1.82) is 0 Å². The molecule has 0 atom stereocenters. The van der Waals surface area contributed by atoms with Gasteiger partial charge in [0.1, 0.15) is 5.82 Å². The lowest BCUT2D eigenvalue weighted by Crippen LogP contribution is -2.15. The summed E-state index contributed by atoms with van der Waals surface area (Å²) >= 11 is 5.64. The van der Waals surface area contributed by atoms with E-state index in [1.807, 2.05) is 6.92 Å². The number of nitrogens with one attached hydrogen (secondary N) is 2. The number of hydrogen-bond acceptors (Lipinski definition) is 4. The van der Waals surface area contributed by atoms with Gasteiger partial charge in [0.05, 0.1) is 10.7 Å². The van der Waals surface area contributed by atoms with Crippen LogP contribution < -0.4 is 10.6 Å². The molecule has 7 heteroatoms. The molecule has 0 unspecified atom stereocenters. The minimum absolute atomic E-state index is 0.0000553. The van der Waals surface area contributed by atoms with Gasteiger partial charge < -0.3 is 10.6 Å². The molecular formula is C13H12ClFN4O. The normalized spacial score (nSPS) is 10.2. The number of rotatable bonds is 4. The highest BCUT2D eigenvalue weighted by Crippen LogP contribution is 2.22. The van der Waals surface area contributed by atoms with Crippen LogP contribution in [0.2, 0.25) is 5.02 Å². The van der Waals surface area contributed by atoms with E-state index in [1.165, 1.54) is 18.2 Å². The first-order chi connectivity index (χ1) is 9.61. The topological polar surface area (TPSA) is 66.9 Å². The van der Waals surface area contributed by atoms with E-state index in [0.29, 0.717) is 12.4 Å². The van der Waals surface area contributed by atoms with E-state index < -0.39 is 11.7 Å². The van der Waals surface area contributed by atoms with Crippen molar-refractivity contribution < 1.29 is 9.18 Å². The maximum atomic E-state index is 13.6. The van der Waals surface area contributed by atoms with Crippen molar-refractivity contribution in [3.63, 3.8) is 0 Å². The second-order valence-electron chi connectivity index (χ2n) is 3.89. The van der Waals surface area contributed by atoms with E-state index in [2.05, 4.69) is 20.8 Å². The quantitative estimate of drug-likeness (QED) is 0.910. The Labute approximate surface area is 120 Å². The average molecular weight is 295 g/mol. The smallest absolute Gasteiger partial charge is 0.276 e. The fraction of sp³-hybridized carbons (Fsp3) is 0.154. The number of benzene rings is 1. The van der Waals surface area contributed by atoms with Crippen LogP contribution >= 0.6 is 11.6 Å². The molecule has 2 N–H and O–H groups in total. The van der Waals surface area contributed by atoms with Crippen molar-refractivity contribution in [2.24, 2.45) is 0 Å². The van der Waals surface area contributed by atoms with Crippen molar-refractivity contribution in [2.75, 3.05) is 17.2 Å². The summed E-state index contributed by atoms with van der Waals surface area (Å²) in [6.07, 6.45) is 0. The summed E-state index contributed by atoms with van der Waals surface area (Å²) in [5, 5.41) is 12.9. The molecule has 2 aromatic rings. The first kappa shape index (κ1) is 14.2. The van der Waals surface area contributed by atoms with E-state index in [-0.39, 0.29) is 16.4 Å². The van der Waals surface area contributed by atoms with E-state index in [1.54, 1.807) is 12.1 Å². The second kappa shape index (κ2) is 6.29. The van der Waals surface area contributed by atoms with Gasteiger partial charge in [-0.1, -0.05) is 17.7 Å². The van der Waals surface area contributed by atoms with Crippen LogP contribution in [0, 0.1) is 5.82 Å². The lowest BCUT2D eigenvalue weighted by molar-refractivity contribution is 0.102. The van der Waals surface area contributed by atoms with Crippen LogP contribution in [0.1, 0.15) is 17.4 Å².